The monoisotopic (exact) mass is 206 g/mol. The van der Waals surface area contributed by atoms with Crippen molar-refractivity contribution in [1.29, 1.82) is 0 Å². The minimum absolute atomic E-state index is 0.271. The zero-order chi connectivity index (χ0) is 11.4. The Morgan fingerprint density at radius 2 is 1.79 bits per heavy atom. The minimum atomic E-state index is -1.27. The molecule has 3 N–H and O–H groups in total. The first kappa shape index (κ1) is 13.4. The molecule has 0 radical (unpaired) electrons. The van der Waals surface area contributed by atoms with E-state index in [1.165, 1.54) is 0 Å². The Balaban J connectivity index is 4.37. The molecule has 0 aliphatic heterocycles. The molecular weight excluding hydrogens is 188 g/mol. The third-order valence-corrected chi connectivity index (χ3v) is 1.90. The predicted molar refractivity (Wildman–Crippen MR) is 49.9 cm³/mol. The van der Waals surface area contributed by atoms with Crippen molar-refractivity contribution in [3.05, 3.63) is 0 Å². The fourth-order valence-electron chi connectivity index (χ4n) is 0.899. The van der Waals surface area contributed by atoms with Crippen LogP contribution in [-0.2, 0) is 9.53 Å². The topological polar surface area (TPSA) is 87.0 Å². The van der Waals surface area contributed by atoms with Gasteiger partial charge >= 0.3 is 5.97 Å². The molecule has 5 heteroatoms. The van der Waals surface area contributed by atoms with Gasteiger partial charge in [-0.3, -0.25) is 0 Å². The summed E-state index contributed by atoms with van der Waals surface area (Å²) in [4.78, 5) is 10.5. The molecule has 14 heavy (non-hydrogen) atoms. The van der Waals surface area contributed by atoms with Crippen molar-refractivity contribution in [3.63, 3.8) is 0 Å². The van der Waals surface area contributed by atoms with Crippen LogP contribution in [0.25, 0.3) is 0 Å². The van der Waals surface area contributed by atoms with E-state index in [4.69, 9.17) is 20.1 Å². The lowest BCUT2D eigenvalue weighted by atomic mass is 9.89. The van der Waals surface area contributed by atoms with Gasteiger partial charge in [-0.15, -0.1) is 0 Å². The lowest BCUT2D eigenvalue weighted by Gasteiger charge is -2.30. The van der Waals surface area contributed by atoms with Crippen molar-refractivity contribution < 1.29 is 24.9 Å². The first-order chi connectivity index (χ1) is 6.32. The molecule has 0 rings (SSSR count). The molecule has 2 atom stereocenters. The van der Waals surface area contributed by atoms with E-state index < -0.39 is 24.8 Å². The molecule has 0 spiro atoms. The van der Waals surface area contributed by atoms with Crippen LogP contribution in [-0.4, -0.2) is 46.7 Å². The molecule has 0 aromatic heterocycles. The Kier molecular flexibility index (Phi) is 5.04. The zero-order valence-electron chi connectivity index (χ0n) is 8.73. The summed E-state index contributed by atoms with van der Waals surface area (Å²) >= 11 is 0. The van der Waals surface area contributed by atoms with Crippen LogP contribution in [0.3, 0.4) is 0 Å². The predicted octanol–water partition coefficient (Wildman–Crippen LogP) is -0.145. The Bertz CT molecular complexity index is 184. The summed E-state index contributed by atoms with van der Waals surface area (Å²) < 4.78 is 5.08. The van der Waals surface area contributed by atoms with Crippen LogP contribution in [0.2, 0.25) is 0 Å². The van der Waals surface area contributed by atoms with E-state index in [0.717, 1.165) is 0 Å². The third-order valence-electron chi connectivity index (χ3n) is 1.90. The van der Waals surface area contributed by atoms with Gasteiger partial charge in [0.25, 0.3) is 0 Å². The third kappa shape index (κ3) is 4.04. The highest BCUT2D eigenvalue weighted by Crippen LogP contribution is 2.22. The van der Waals surface area contributed by atoms with Gasteiger partial charge in [0.1, 0.15) is 0 Å². The Morgan fingerprint density at radius 3 is 2.00 bits per heavy atom. The first-order valence-corrected chi connectivity index (χ1v) is 4.43. The van der Waals surface area contributed by atoms with Crippen LogP contribution >= 0.6 is 0 Å². The van der Waals surface area contributed by atoms with Crippen molar-refractivity contribution in [3.8, 4) is 0 Å². The summed E-state index contributed by atoms with van der Waals surface area (Å²) in [5.74, 6) is -1.23. The van der Waals surface area contributed by atoms with Gasteiger partial charge in [-0.1, -0.05) is 20.8 Å². The number of hydrogen-bond donors (Lipinski definition) is 3. The van der Waals surface area contributed by atoms with Gasteiger partial charge in [-0.25, -0.2) is 4.79 Å². The zero-order valence-corrected chi connectivity index (χ0v) is 8.73. The number of aliphatic hydroxyl groups excluding tert-OH is 2. The lowest BCUT2D eigenvalue weighted by molar-refractivity contribution is -0.166. The molecule has 2 unspecified atom stereocenters. The van der Waals surface area contributed by atoms with Crippen molar-refractivity contribution in [2.24, 2.45) is 5.41 Å². The molecule has 0 aromatic carbocycles. The first-order valence-electron chi connectivity index (χ1n) is 4.43. The number of ether oxygens (including phenoxy) is 1. The molecule has 0 aromatic rings. The quantitative estimate of drug-likeness (QED) is 0.582. The van der Waals surface area contributed by atoms with Crippen molar-refractivity contribution in [2.45, 2.75) is 33.0 Å². The van der Waals surface area contributed by atoms with E-state index >= 15 is 0 Å². The second-order valence-corrected chi connectivity index (χ2v) is 4.18. The van der Waals surface area contributed by atoms with Gasteiger partial charge < -0.3 is 20.1 Å². The van der Waals surface area contributed by atoms with Crippen LogP contribution in [0, 0.1) is 5.41 Å². The molecule has 0 heterocycles. The Morgan fingerprint density at radius 1 is 1.29 bits per heavy atom. The summed E-state index contributed by atoms with van der Waals surface area (Å²) in [6.45, 7) is 4.60. The van der Waals surface area contributed by atoms with Crippen molar-refractivity contribution >= 4 is 5.97 Å². The van der Waals surface area contributed by atoms with Gasteiger partial charge in [0.2, 0.25) is 0 Å². The fourth-order valence-corrected chi connectivity index (χ4v) is 0.899. The minimum Gasteiger partial charge on any atom is -0.479 e. The van der Waals surface area contributed by atoms with Crippen LogP contribution in [0.1, 0.15) is 20.8 Å². The van der Waals surface area contributed by atoms with E-state index in [9.17, 15) is 4.79 Å². The number of carboxylic acid groups (broad SMARTS) is 1. The average molecular weight is 206 g/mol. The number of carbonyl (C=O) groups is 1. The second-order valence-electron chi connectivity index (χ2n) is 4.18. The molecule has 0 amide bonds. The number of hydrogen-bond acceptors (Lipinski definition) is 4. The van der Waals surface area contributed by atoms with E-state index in [0.29, 0.717) is 0 Å². The van der Waals surface area contributed by atoms with E-state index in [2.05, 4.69) is 0 Å². The lowest BCUT2D eigenvalue weighted by Crippen LogP contribution is -2.40. The van der Waals surface area contributed by atoms with Gasteiger partial charge in [-0.2, -0.15) is 0 Å². The highest BCUT2D eigenvalue weighted by atomic mass is 16.5. The highest BCUT2D eigenvalue weighted by molar-refractivity contribution is 5.72. The normalized spacial score (nSPS) is 16.4. The maximum Gasteiger partial charge on any atom is 0.335 e. The smallest absolute Gasteiger partial charge is 0.335 e. The standard InChI is InChI=1S/C9H18O5/c1-9(2,3)7(5-11)14-6(4-10)8(12)13/h6-7,10-11H,4-5H2,1-3H3,(H,12,13). The molecule has 0 saturated carbocycles. The van der Waals surface area contributed by atoms with Gasteiger partial charge in [0, 0.05) is 0 Å². The number of aliphatic hydroxyl groups is 2. The summed E-state index contributed by atoms with van der Waals surface area (Å²) in [7, 11) is 0. The molecule has 0 aliphatic rings. The second kappa shape index (κ2) is 5.29. The van der Waals surface area contributed by atoms with Crippen LogP contribution in [0.5, 0.6) is 0 Å². The molecule has 0 saturated heterocycles. The average Bonchev–Trinajstić information content (AvgIpc) is 2.03. The Labute approximate surface area is 83.3 Å². The number of carboxylic acids is 1. The van der Waals surface area contributed by atoms with E-state index in [-0.39, 0.29) is 12.0 Å². The van der Waals surface area contributed by atoms with E-state index in [1.54, 1.807) is 0 Å². The van der Waals surface area contributed by atoms with E-state index in [1.807, 2.05) is 20.8 Å². The van der Waals surface area contributed by atoms with Crippen LogP contribution in [0.15, 0.2) is 0 Å². The van der Waals surface area contributed by atoms with Gasteiger partial charge in [0.05, 0.1) is 19.3 Å². The molecular formula is C9H18O5. The maximum absolute atomic E-state index is 10.5. The SMILES string of the molecule is CC(C)(C)C(CO)OC(CO)C(=O)O. The molecule has 84 valence electrons. The summed E-state index contributed by atoms with van der Waals surface area (Å²) in [6.07, 6.45) is -1.87. The number of aliphatic carboxylic acids is 1. The summed E-state index contributed by atoms with van der Waals surface area (Å²) in [5, 5.41) is 26.3. The molecule has 0 bridgehead atoms. The molecule has 5 nitrogen and oxygen atoms in total. The number of rotatable bonds is 5. The maximum atomic E-state index is 10.5. The summed E-state index contributed by atoms with van der Waals surface area (Å²) in [6, 6.07) is 0. The molecule has 0 aliphatic carbocycles. The van der Waals surface area contributed by atoms with Crippen molar-refractivity contribution in [2.75, 3.05) is 13.2 Å². The summed E-state index contributed by atoms with van der Waals surface area (Å²) in [5.41, 5.74) is -0.363. The van der Waals surface area contributed by atoms with Crippen LogP contribution < -0.4 is 0 Å². The Hall–Kier alpha value is -0.650. The van der Waals surface area contributed by atoms with Crippen molar-refractivity contribution in [1.82, 2.24) is 0 Å². The molecule has 0 fully saturated rings. The fraction of sp³-hybridized carbons (Fsp3) is 0.889. The van der Waals surface area contributed by atoms with Crippen LogP contribution in [0.4, 0.5) is 0 Å². The van der Waals surface area contributed by atoms with Gasteiger partial charge in [0.15, 0.2) is 6.10 Å². The van der Waals surface area contributed by atoms with Gasteiger partial charge in [-0.05, 0) is 5.41 Å². The highest BCUT2D eigenvalue weighted by Gasteiger charge is 2.30. The largest absolute Gasteiger partial charge is 0.479 e.